The number of aromatic hydroxyl groups is 1. The summed E-state index contributed by atoms with van der Waals surface area (Å²) < 4.78 is 5.70. The second-order valence-electron chi connectivity index (χ2n) is 5.10. The van der Waals surface area contributed by atoms with Gasteiger partial charge in [-0.2, -0.15) is 0 Å². The molecule has 23 heavy (non-hydrogen) atoms. The molecular weight excluding hydrogens is 403 g/mol. The Labute approximate surface area is 158 Å². The minimum atomic E-state index is -0.000388. The fourth-order valence-electron chi connectivity index (χ4n) is 1.93. The summed E-state index contributed by atoms with van der Waals surface area (Å²) in [7, 11) is 0. The lowest BCUT2D eigenvalue weighted by Crippen LogP contribution is -1.96. The molecular formula is C15H12Cl5NO2. The molecule has 0 saturated carbocycles. The van der Waals surface area contributed by atoms with Crippen LogP contribution in [-0.2, 0) is 0 Å². The highest BCUT2D eigenvalue weighted by atomic mass is 35.5. The molecule has 3 N–H and O–H groups in total. The molecule has 0 spiro atoms. The highest BCUT2D eigenvalue weighted by molar-refractivity contribution is 6.51. The summed E-state index contributed by atoms with van der Waals surface area (Å²) in [4.78, 5) is 0. The molecule has 0 atom stereocenters. The minimum Gasteiger partial charge on any atom is -0.506 e. The standard InChI is InChI=1S/C15H12Cl5NO2/c1-5(2)7-3-6(4-8(16)14(7)22)23-15-11(19)9(17)13(21)10(18)12(15)20/h3-5,22H,21H2,1-2H3. The molecule has 0 radical (unpaired) electrons. The van der Waals surface area contributed by atoms with Crippen molar-refractivity contribution in [3.8, 4) is 17.2 Å². The summed E-state index contributed by atoms with van der Waals surface area (Å²) in [5, 5.41) is 10.3. The first-order chi connectivity index (χ1) is 10.6. The molecule has 0 fully saturated rings. The van der Waals surface area contributed by atoms with Gasteiger partial charge < -0.3 is 15.6 Å². The van der Waals surface area contributed by atoms with Gasteiger partial charge in [-0.15, -0.1) is 0 Å². The number of phenols is 1. The van der Waals surface area contributed by atoms with Crippen LogP contribution in [0.25, 0.3) is 0 Å². The fraction of sp³-hybridized carbons (Fsp3) is 0.200. The third-order valence-electron chi connectivity index (χ3n) is 3.17. The van der Waals surface area contributed by atoms with Crippen molar-refractivity contribution in [3.05, 3.63) is 42.8 Å². The van der Waals surface area contributed by atoms with E-state index in [1.165, 1.54) is 6.07 Å². The van der Waals surface area contributed by atoms with Gasteiger partial charge in [0.25, 0.3) is 0 Å². The molecule has 0 aliphatic heterocycles. The Balaban J connectivity index is 2.57. The van der Waals surface area contributed by atoms with Crippen LogP contribution in [0.1, 0.15) is 25.3 Å². The van der Waals surface area contributed by atoms with Crippen LogP contribution in [0.15, 0.2) is 12.1 Å². The summed E-state index contributed by atoms with van der Waals surface area (Å²) in [6.07, 6.45) is 0. The molecule has 0 aliphatic rings. The van der Waals surface area contributed by atoms with Crippen LogP contribution < -0.4 is 10.5 Å². The number of nitrogen functional groups attached to an aromatic ring is 1. The van der Waals surface area contributed by atoms with E-state index in [2.05, 4.69) is 0 Å². The van der Waals surface area contributed by atoms with E-state index in [0.717, 1.165) is 0 Å². The zero-order valence-electron chi connectivity index (χ0n) is 12.1. The summed E-state index contributed by atoms with van der Waals surface area (Å²) >= 11 is 30.3. The SMILES string of the molecule is CC(C)c1cc(Oc2c(Cl)c(Cl)c(N)c(Cl)c2Cl)cc(Cl)c1O. The van der Waals surface area contributed by atoms with Crippen LogP contribution in [-0.4, -0.2) is 5.11 Å². The van der Waals surface area contributed by atoms with Crippen molar-refractivity contribution < 1.29 is 9.84 Å². The lowest BCUT2D eigenvalue weighted by Gasteiger charge is -2.16. The Morgan fingerprint density at radius 2 is 1.48 bits per heavy atom. The summed E-state index contributed by atoms with van der Waals surface area (Å²) in [6, 6.07) is 3.07. The molecule has 124 valence electrons. The highest BCUT2D eigenvalue weighted by Crippen LogP contribution is 2.49. The average Bonchev–Trinajstić information content (AvgIpc) is 2.50. The van der Waals surface area contributed by atoms with E-state index >= 15 is 0 Å². The first kappa shape index (κ1) is 18.6. The number of halogens is 5. The van der Waals surface area contributed by atoms with Gasteiger partial charge in [0, 0.05) is 11.6 Å². The largest absolute Gasteiger partial charge is 0.506 e. The Hall–Kier alpha value is -0.710. The van der Waals surface area contributed by atoms with Gasteiger partial charge in [-0.05, 0) is 12.0 Å². The number of phenolic OH excluding ortho intramolecular Hbond substituents is 1. The van der Waals surface area contributed by atoms with E-state index in [9.17, 15) is 5.11 Å². The molecule has 0 amide bonds. The molecule has 0 bridgehead atoms. The first-order valence-corrected chi connectivity index (χ1v) is 8.35. The Morgan fingerprint density at radius 1 is 0.957 bits per heavy atom. The van der Waals surface area contributed by atoms with Gasteiger partial charge in [-0.25, -0.2) is 0 Å². The lowest BCUT2D eigenvalue weighted by atomic mass is 10.0. The molecule has 2 rings (SSSR count). The number of anilines is 1. The van der Waals surface area contributed by atoms with E-state index in [1.807, 2.05) is 13.8 Å². The number of benzene rings is 2. The van der Waals surface area contributed by atoms with Crippen molar-refractivity contribution in [2.45, 2.75) is 19.8 Å². The van der Waals surface area contributed by atoms with Gasteiger partial charge in [0.05, 0.1) is 20.8 Å². The van der Waals surface area contributed by atoms with Crippen molar-refractivity contribution in [1.29, 1.82) is 0 Å². The van der Waals surface area contributed by atoms with Crippen LogP contribution in [0.2, 0.25) is 25.1 Å². The number of rotatable bonds is 3. The minimum absolute atomic E-state index is 0.000388. The van der Waals surface area contributed by atoms with Gasteiger partial charge in [0.15, 0.2) is 5.75 Å². The van der Waals surface area contributed by atoms with Crippen molar-refractivity contribution in [1.82, 2.24) is 0 Å². The van der Waals surface area contributed by atoms with Gasteiger partial charge >= 0.3 is 0 Å². The maximum absolute atomic E-state index is 9.99. The molecule has 0 unspecified atom stereocenters. The molecule has 3 nitrogen and oxygen atoms in total. The van der Waals surface area contributed by atoms with Crippen molar-refractivity contribution >= 4 is 63.7 Å². The van der Waals surface area contributed by atoms with Crippen LogP contribution >= 0.6 is 58.0 Å². The zero-order chi connectivity index (χ0) is 17.5. The fourth-order valence-corrected chi connectivity index (χ4v) is 3.07. The van der Waals surface area contributed by atoms with Gasteiger partial charge in [0.2, 0.25) is 0 Å². The molecule has 0 saturated heterocycles. The predicted molar refractivity (Wildman–Crippen MR) is 98.2 cm³/mol. The molecule has 2 aromatic rings. The molecule has 0 heterocycles. The third-order valence-corrected chi connectivity index (χ3v) is 5.15. The number of nitrogens with two attached hydrogens (primary N) is 1. The lowest BCUT2D eigenvalue weighted by molar-refractivity contribution is 0.455. The van der Waals surface area contributed by atoms with Crippen molar-refractivity contribution in [3.63, 3.8) is 0 Å². The van der Waals surface area contributed by atoms with Crippen LogP contribution in [0.3, 0.4) is 0 Å². The second kappa shape index (κ2) is 7.04. The highest BCUT2D eigenvalue weighted by Gasteiger charge is 2.21. The van der Waals surface area contributed by atoms with Gasteiger partial charge in [-0.3, -0.25) is 0 Å². The average molecular weight is 416 g/mol. The predicted octanol–water partition coefficient (Wildman–Crippen LogP) is 7.16. The normalized spacial score (nSPS) is 11.1. The van der Waals surface area contributed by atoms with Crippen molar-refractivity contribution in [2.75, 3.05) is 5.73 Å². The molecule has 8 heteroatoms. The molecule has 0 aromatic heterocycles. The van der Waals surface area contributed by atoms with E-state index in [4.69, 9.17) is 68.5 Å². The van der Waals surface area contributed by atoms with Crippen LogP contribution in [0.5, 0.6) is 17.2 Å². The molecule has 2 aromatic carbocycles. The first-order valence-electron chi connectivity index (χ1n) is 6.46. The Bertz CT molecular complexity index is 748. The smallest absolute Gasteiger partial charge is 0.167 e. The summed E-state index contributed by atoms with van der Waals surface area (Å²) in [5.41, 5.74) is 6.40. The quantitative estimate of drug-likeness (QED) is 0.413. The maximum Gasteiger partial charge on any atom is 0.167 e. The van der Waals surface area contributed by atoms with E-state index in [1.54, 1.807) is 6.07 Å². The van der Waals surface area contributed by atoms with E-state index in [0.29, 0.717) is 11.3 Å². The van der Waals surface area contributed by atoms with Crippen LogP contribution in [0.4, 0.5) is 5.69 Å². The van der Waals surface area contributed by atoms with Gasteiger partial charge in [0.1, 0.15) is 21.5 Å². The number of ether oxygens (including phenoxy) is 1. The van der Waals surface area contributed by atoms with E-state index < -0.39 is 0 Å². The van der Waals surface area contributed by atoms with Gasteiger partial charge in [-0.1, -0.05) is 71.9 Å². The van der Waals surface area contributed by atoms with E-state index in [-0.39, 0.29) is 48.2 Å². The number of hydrogen-bond acceptors (Lipinski definition) is 3. The third kappa shape index (κ3) is 3.54. The Morgan fingerprint density at radius 3 is 1.96 bits per heavy atom. The second-order valence-corrected chi connectivity index (χ2v) is 7.02. The monoisotopic (exact) mass is 413 g/mol. The van der Waals surface area contributed by atoms with Crippen LogP contribution in [0, 0.1) is 0 Å². The number of hydrogen-bond donors (Lipinski definition) is 2. The van der Waals surface area contributed by atoms with Crippen molar-refractivity contribution in [2.24, 2.45) is 0 Å². The summed E-state index contributed by atoms with van der Waals surface area (Å²) in [6.45, 7) is 3.82. The zero-order valence-corrected chi connectivity index (χ0v) is 15.8. The maximum atomic E-state index is 9.99. The Kier molecular flexibility index (Phi) is 5.70. The molecule has 0 aliphatic carbocycles. The summed E-state index contributed by atoms with van der Waals surface area (Å²) in [5.74, 6) is 0.423. The topological polar surface area (TPSA) is 55.5 Å².